The summed E-state index contributed by atoms with van der Waals surface area (Å²) in [5.41, 5.74) is 0. The van der Waals surface area contributed by atoms with E-state index in [4.69, 9.17) is 4.74 Å². The summed E-state index contributed by atoms with van der Waals surface area (Å²) in [5, 5.41) is 3.42. The van der Waals surface area contributed by atoms with Gasteiger partial charge in [-0.3, -0.25) is 0 Å². The zero-order chi connectivity index (χ0) is 12.8. The number of nitrogens with one attached hydrogen (secondary N) is 1. The molecule has 0 atom stereocenters. The standard InChI is InChI=1S/C14H23N3O/c1-3-18-14-9-13(16-11(2)17-14)15-10-12-7-5-4-6-8-12/h9,12H,3-8,10H2,1-2H3,(H,15,16,17). The predicted octanol–water partition coefficient (Wildman–Crippen LogP) is 3.18. The molecule has 0 aliphatic heterocycles. The number of aryl methyl sites for hydroxylation is 1. The largest absolute Gasteiger partial charge is 0.478 e. The lowest BCUT2D eigenvalue weighted by Gasteiger charge is -2.22. The van der Waals surface area contributed by atoms with E-state index in [0.717, 1.165) is 24.1 Å². The van der Waals surface area contributed by atoms with Gasteiger partial charge in [-0.05, 0) is 32.6 Å². The molecule has 0 amide bonds. The van der Waals surface area contributed by atoms with E-state index in [1.165, 1.54) is 32.1 Å². The van der Waals surface area contributed by atoms with Crippen LogP contribution in [0.15, 0.2) is 6.07 Å². The molecule has 4 heteroatoms. The van der Waals surface area contributed by atoms with Crippen molar-refractivity contribution in [3.8, 4) is 5.88 Å². The molecule has 100 valence electrons. The van der Waals surface area contributed by atoms with Crippen molar-refractivity contribution in [2.45, 2.75) is 46.0 Å². The van der Waals surface area contributed by atoms with E-state index in [2.05, 4.69) is 15.3 Å². The Morgan fingerprint density at radius 2 is 2.06 bits per heavy atom. The Morgan fingerprint density at radius 3 is 2.78 bits per heavy atom. The third-order valence-corrected chi connectivity index (χ3v) is 3.40. The molecular weight excluding hydrogens is 226 g/mol. The Kier molecular flexibility index (Phi) is 4.79. The Labute approximate surface area is 109 Å². The average Bonchev–Trinajstić information content (AvgIpc) is 2.37. The van der Waals surface area contributed by atoms with Crippen molar-refractivity contribution in [2.75, 3.05) is 18.5 Å². The zero-order valence-electron chi connectivity index (χ0n) is 11.4. The maximum absolute atomic E-state index is 5.43. The highest BCUT2D eigenvalue weighted by Gasteiger charge is 2.13. The SMILES string of the molecule is CCOc1cc(NCC2CCCCC2)nc(C)n1. The number of ether oxygens (including phenoxy) is 1. The van der Waals surface area contributed by atoms with Gasteiger partial charge in [-0.25, -0.2) is 4.98 Å². The summed E-state index contributed by atoms with van der Waals surface area (Å²) < 4.78 is 5.43. The second-order valence-electron chi connectivity index (χ2n) is 4.96. The molecular formula is C14H23N3O. The molecule has 2 rings (SSSR count). The van der Waals surface area contributed by atoms with Gasteiger partial charge in [0.25, 0.3) is 0 Å². The maximum Gasteiger partial charge on any atom is 0.218 e. The first-order valence-corrected chi connectivity index (χ1v) is 7.00. The highest BCUT2D eigenvalue weighted by molar-refractivity contribution is 5.38. The minimum Gasteiger partial charge on any atom is -0.478 e. The Balaban J connectivity index is 1.91. The van der Waals surface area contributed by atoms with Gasteiger partial charge in [0.15, 0.2) is 0 Å². The maximum atomic E-state index is 5.43. The molecule has 0 radical (unpaired) electrons. The van der Waals surface area contributed by atoms with E-state index in [0.29, 0.717) is 12.5 Å². The third-order valence-electron chi connectivity index (χ3n) is 3.40. The van der Waals surface area contributed by atoms with Crippen LogP contribution < -0.4 is 10.1 Å². The van der Waals surface area contributed by atoms with Crippen molar-refractivity contribution in [1.29, 1.82) is 0 Å². The molecule has 1 aromatic rings. The number of hydrogen-bond donors (Lipinski definition) is 1. The summed E-state index contributed by atoms with van der Waals surface area (Å²) in [7, 11) is 0. The van der Waals surface area contributed by atoms with Crippen molar-refractivity contribution in [3.63, 3.8) is 0 Å². The van der Waals surface area contributed by atoms with Crippen LogP contribution in [0.25, 0.3) is 0 Å². The molecule has 1 fully saturated rings. The summed E-state index contributed by atoms with van der Waals surface area (Å²) in [4.78, 5) is 8.64. The number of rotatable bonds is 5. The molecule has 1 heterocycles. The molecule has 1 aliphatic rings. The first kappa shape index (κ1) is 13.1. The van der Waals surface area contributed by atoms with Crippen LogP contribution in [0.5, 0.6) is 5.88 Å². The van der Waals surface area contributed by atoms with Gasteiger partial charge in [-0.1, -0.05) is 19.3 Å². The molecule has 4 nitrogen and oxygen atoms in total. The van der Waals surface area contributed by atoms with E-state index >= 15 is 0 Å². The third kappa shape index (κ3) is 3.86. The van der Waals surface area contributed by atoms with Crippen molar-refractivity contribution in [1.82, 2.24) is 9.97 Å². The van der Waals surface area contributed by atoms with Crippen LogP contribution in [0.4, 0.5) is 5.82 Å². The van der Waals surface area contributed by atoms with E-state index in [1.807, 2.05) is 19.9 Å². The molecule has 1 aliphatic carbocycles. The lowest BCUT2D eigenvalue weighted by molar-refractivity contribution is 0.325. The van der Waals surface area contributed by atoms with Crippen LogP contribution in [-0.4, -0.2) is 23.1 Å². The molecule has 0 saturated heterocycles. The van der Waals surface area contributed by atoms with E-state index in [1.54, 1.807) is 0 Å². The van der Waals surface area contributed by atoms with Crippen molar-refractivity contribution in [3.05, 3.63) is 11.9 Å². The summed E-state index contributed by atoms with van der Waals surface area (Å²) in [6.07, 6.45) is 6.83. The molecule has 1 N–H and O–H groups in total. The number of anilines is 1. The van der Waals surface area contributed by atoms with Gasteiger partial charge in [0, 0.05) is 12.6 Å². The molecule has 0 spiro atoms. The fourth-order valence-electron chi connectivity index (χ4n) is 2.49. The van der Waals surface area contributed by atoms with Gasteiger partial charge in [-0.2, -0.15) is 4.98 Å². The predicted molar refractivity (Wildman–Crippen MR) is 73.0 cm³/mol. The number of nitrogens with zero attached hydrogens (tertiary/aromatic N) is 2. The minimum atomic E-state index is 0.637. The first-order valence-electron chi connectivity index (χ1n) is 7.00. The van der Waals surface area contributed by atoms with Crippen LogP contribution in [-0.2, 0) is 0 Å². The molecule has 18 heavy (non-hydrogen) atoms. The van der Waals surface area contributed by atoms with E-state index < -0.39 is 0 Å². The Morgan fingerprint density at radius 1 is 1.28 bits per heavy atom. The highest BCUT2D eigenvalue weighted by Crippen LogP contribution is 2.24. The first-order chi connectivity index (χ1) is 8.78. The second kappa shape index (κ2) is 6.57. The van der Waals surface area contributed by atoms with Gasteiger partial charge >= 0.3 is 0 Å². The van der Waals surface area contributed by atoms with Crippen molar-refractivity contribution in [2.24, 2.45) is 5.92 Å². The number of hydrogen-bond acceptors (Lipinski definition) is 4. The average molecular weight is 249 g/mol. The quantitative estimate of drug-likeness (QED) is 0.870. The Hall–Kier alpha value is -1.32. The van der Waals surface area contributed by atoms with Crippen LogP contribution in [0, 0.1) is 12.8 Å². The van der Waals surface area contributed by atoms with Crippen LogP contribution in [0.2, 0.25) is 0 Å². The van der Waals surface area contributed by atoms with Gasteiger partial charge in [0.1, 0.15) is 11.6 Å². The van der Waals surface area contributed by atoms with Gasteiger partial charge in [0.05, 0.1) is 6.61 Å². The zero-order valence-corrected chi connectivity index (χ0v) is 11.4. The van der Waals surface area contributed by atoms with Gasteiger partial charge in [-0.15, -0.1) is 0 Å². The molecule has 0 aromatic carbocycles. The summed E-state index contributed by atoms with van der Waals surface area (Å²) >= 11 is 0. The molecule has 0 unspecified atom stereocenters. The molecule has 1 aromatic heterocycles. The lowest BCUT2D eigenvalue weighted by Crippen LogP contribution is -2.18. The fraction of sp³-hybridized carbons (Fsp3) is 0.714. The summed E-state index contributed by atoms with van der Waals surface area (Å²) in [6.45, 7) is 5.52. The molecule has 0 bridgehead atoms. The van der Waals surface area contributed by atoms with Gasteiger partial charge < -0.3 is 10.1 Å². The van der Waals surface area contributed by atoms with E-state index in [9.17, 15) is 0 Å². The van der Waals surface area contributed by atoms with Gasteiger partial charge in [0.2, 0.25) is 5.88 Å². The van der Waals surface area contributed by atoms with Crippen LogP contribution >= 0.6 is 0 Å². The topological polar surface area (TPSA) is 47.0 Å². The number of aromatic nitrogens is 2. The Bertz CT molecular complexity index is 375. The van der Waals surface area contributed by atoms with Crippen molar-refractivity contribution >= 4 is 5.82 Å². The summed E-state index contributed by atoms with van der Waals surface area (Å²) in [6, 6.07) is 1.89. The monoisotopic (exact) mass is 249 g/mol. The lowest BCUT2D eigenvalue weighted by atomic mass is 9.89. The minimum absolute atomic E-state index is 0.637. The van der Waals surface area contributed by atoms with Crippen LogP contribution in [0.3, 0.4) is 0 Å². The van der Waals surface area contributed by atoms with Crippen LogP contribution in [0.1, 0.15) is 44.9 Å². The van der Waals surface area contributed by atoms with E-state index in [-0.39, 0.29) is 0 Å². The fourth-order valence-corrected chi connectivity index (χ4v) is 2.49. The summed E-state index contributed by atoms with van der Waals surface area (Å²) in [5.74, 6) is 3.10. The van der Waals surface area contributed by atoms with Crippen molar-refractivity contribution < 1.29 is 4.74 Å². The highest BCUT2D eigenvalue weighted by atomic mass is 16.5. The smallest absolute Gasteiger partial charge is 0.218 e. The molecule has 1 saturated carbocycles. The normalized spacial score (nSPS) is 16.6. The second-order valence-corrected chi connectivity index (χ2v) is 4.96.